The summed E-state index contributed by atoms with van der Waals surface area (Å²) in [4.78, 5) is 16.4. The van der Waals surface area contributed by atoms with E-state index < -0.39 is 0 Å². The van der Waals surface area contributed by atoms with Crippen molar-refractivity contribution >= 4 is 16.9 Å². The summed E-state index contributed by atoms with van der Waals surface area (Å²) in [5, 5.41) is 1.02. The second-order valence-electron chi connectivity index (χ2n) is 5.65. The highest BCUT2D eigenvalue weighted by atomic mass is 19.1. The Morgan fingerprint density at radius 2 is 1.88 bits per heavy atom. The summed E-state index contributed by atoms with van der Waals surface area (Å²) in [6.45, 7) is 2.12. The number of carbonyl (C=O) groups is 1. The number of pyridine rings is 1. The summed E-state index contributed by atoms with van der Waals surface area (Å²) >= 11 is 0. The van der Waals surface area contributed by atoms with Crippen LogP contribution in [0.25, 0.3) is 22.2 Å². The normalized spacial score (nSPS) is 10.8. The smallest absolute Gasteiger partial charge is 0.337 e. The lowest BCUT2D eigenvalue weighted by molar-refractivity contribution is 0.0601. The third-order valence-electron chi connectivity index (χ3n) is 3.98. The lowest BCUT2D eigenvalue weighted by Gasteiger charge is -2.10. The van der Waals surface area contributed by atoms with Gasteiger partial charge in [0.15, 0.2) is 0 Å². The molecule has 0 aliphatic carbocycles. The summed E-state index contributed by atoms with van der Waals surface area (Å²) in [5.74, 6) is -0.663. The van der Waals surface area contributed by atoms with Crippen LogP contribution in [-0.2, 0) is 11.2 Å². The molecule has 0 spiro atoms. The Morgan fingerprint density at radius 1 is 1.12 bits per heavy atom. The number of fused-ring (bicyclic) bond motifs is 1. The van der Waals surface area contributed by atoms with Crippen molar-refractivity contribution in [2.45, 2.75) is 19.8 Å². The van der Waals surface area contributed by atoms with E-state index in [9.17, 15) is 9.18 Å². The maximum absolute atomic E-state index is 13.2. The summed E-state index contributed by atoms with van der Waals surface area (Å²) in [6, 6.07) is 13.7. The van der Waals surface area contributed by atoms with E-state index in [4.69, 9.17) is 4.74 Å². The average molecular weight is 323 g/mol. The molecule has 4 heteroatoms. The molecular formula is C20H18FNO2. The zero-order chi connectivity index (χ0) is 17.1. The lowest BCUT2D eigenvalue weighted by Crippen LogP contribution is -2.02. The third-order valence-corrected chi connectivity index (χ3v) is 3.98. The van der Waals surface area contributed by atoms with Crippen molar-refractivity contribution < 1.29 is 13.9 Å². The van der Waals surface area contributed by atoms with Crippen molar-refractivity contribution in [2.24, 2.45) is 0 Å². The lowest BCUT2D eigenvalue weighted by atomic mass is 10.00. The van der Waals surface area contributed by atoms with Crippen molar-refractivity contribution in [3.8, 4) is 11.3 Å². The molecule has 0 atom stereocenters. The Morgan fingerprint density at radius 3 is 2.54 bits per heavy atom. The van der Waals surface area contributed by atoms with Crippen LogP contribution in [0.4, 0.5) is 4.39 Å². The Labute approximate surface area is 140 Å². The quantitative estimate of drug-likeness (QED) is 0.649. The molecule has 0 saturated heterocycles. The van der Waals surface area contributed by atoms with E-state index in [-0.39, 0.29) is 11.8 Å². The molecule has 2 aromatic carbocycles. The molecule has 24 heavy (non-hydrogen) atoms. The summed E-state index contributed by atoms with van der Waals surface area (Å²) < 4.78 is 17.9. The zero-order valence-corrected chi connectivity index (χ0v) is 13.7. The van der Waals surface area contributed by atoms with E-state index in [1.165, 1.54) is 24.8 Å². The van der Waals surface area contributed by atoms with Crippen LogP contribution < -0.4 is 0 Å². The van der Waals surface area contributed by atoms with Crippen molar-refractivity contribution in [3.63, 3.8) is 0 Å². The Kier molecular flexibility index (Phi) is 4.56. The van der Waals surface area contributed by atoms with Crippen LogP contribution >= 0.6 is 0 Å². The second kappa shape index (κ2) is 6.79. The van der Waals surface area contributed by atoms with E-state index in [1.54, 1.807) is 24.3 Å². The molecule has 122 valence electrons. The first kappa shape index (κ1) is 16.1. The SMILES string of the molecule is CCCc1cc(-c2ccc(F)cc2)nc2cc(C(=O)OC)ccc12. The minimum atomic E-state index is -0.386. The third kappa shape index (κ3) is 3.13. The molecule has 0 aliphatic heterocycles. The summed E-state index contributed by atoms with van der Waals surface area (Å²) in [6.07, 6.45) is 1.91. The van der Waals surface area contributed by atoms with E-state index in [0.29, 0.717) is 5.56 Å². The van der Waals surface area contributed by atoms with Crippen LogP contribution in [0.5, 0.6) is 0 Å². The molecule has 0 aliphatic rings. The van der Waals surface area contributed by atoms with Crippen LogP contribution in [0.2, 0.25) is 0 Å². The monoisotopic (exact) mass is 323 g/mol. The molecule has 0 unspecified atom stereocenters. The van der Waals surface area contributed by atoms with E-state index in [2.05, 4.69) is 11.9 Å². The van der Waals surface area contributed by atoms with Crippen molar-refractivity contribution in [1.82, 2.24) is 4.98 Å². The number of hydrogen-bond donors (Lipinski definition) is 0. The first-order valence-corrected chi connectivity index (χ1v) is 7.90. The first-order chi connectivity index (χ1) is 11.6. The van der Waals surface area contributed by atoms with Gasteiger partial charge in [0.05, 0.1) is 23.9 Å². The zero-order valence-electron chi connectivity index (χ0n) is 13.7. The highest BCUT2D eigenvalue weighted by Crippen LogP contribution is 2.27. The first-order valence-electron chi connectivity index (χ1n) is 7.90. The van der Waals surface area contributed by atoms with Gasteiger partial charge in [-0.2, -0.15) is 0 Å². The van der Waals surface area contributed by atoms with Crippen LogP contribution in [0.3, 0.4) is 0 Å². The van der Waals surface area contributed by atoms with Gasteiger partial charge in [0.25, 0.3) is 0 Å². The molecule has 1 heterocycles. The molecule has 0 bridgehead atoms. The topological polar surface area (TPSA) is 39.2 Å². The molecule has 0 saturated carbocycles. The summed E-state index contributed by atoms with van der Waals surface area (Å²) in [5.41, 5.74) is 3.99. The Bertz CT molecular complexity index is 888. The van der Waals surface area contributed by atoms with Crippen LogP contribution in [0.1, 0.15) is 29.3 Å². The van der Waals surface area contributed by atoms with Gasteiger partial charge in [0.1, 0.15) is 5.82 Å². The van der Waals surface area contributed by atoms with Crippen LogP contribution in [0.15, 0.2) is 48.5 Å². The molecule has 0 amide bonds. The number of halogens is 1. The van der Waals surface area contributed by atoms with Gasteiger partial charge >= 0.3 is 5.97 Å². The number of rotatable bonds is 4. The number of ether oxygens (including phenoxy) is 1. The number of methoxy groups -OCH3 is 1. The fraction of sp³-hybridized carbons (Fsp3) is 0.200. The molecule has 3 aromatic rings. The number of benzene rings is 2. The second-order valence-corrected chi connectivity index (χ2v) is 5.65. The molecule has 0 N–H and O–H groups in total. The van der Waals surface area contributed by atoms with Gasteiger partial charge < -0.3 is 4.74 Å². The average Bonchev–Trinajstić information content (AvgIpc) is 2.61. The van der Waals surface area contributed by atoms with Gasteiger partial charge in [-0.05, 0) is 54.4 Å². The summed E-state index contributed by atoms with van der Waals surface area (Å²) in [7, 11) is 1.36. The number of esters is 1. The molecular weight excluding hydrogens is 305 g/mol. The van der Waals surface area contributed by atoms with E-state index >= 15 is 0 Å². The van der Waals surface area contributed by atoms with Crippen LogP contribution in [0, 0.1) is 5.82 Å². The number of hydrogen-bond acceptors (Lipinski definition) is 3. The standard InChI is InChI=1S/C20H18FNO2/c1-3-4-14-11-18(13-5-8-16(21)9-6-13)22-19-12-15(20(23)24-2)7-10-17(14)19/h5-12H,3-4H2,1-2H3. The molecule has 3 rings (SSSR count). The number of aromatic nitrogens is 1. The van der Waals surface area contributed by atoms with Gasteiger partial charge in [-0.15, -0.1) is 0 Å². The maximum atomic E-state index is 13.2. The molecule has 1 aromatic heterocycles. The maximum Gasteiger partial charge on any atom is 0.337 e. The minimum absolute atomic E-state index is 0.277. The van der Waals surface area contributed by atoms with Crippen LogP contribution in [-0.4, -0.2) is 18.1 Å². The van der Waals surface area contributed by atoms with Crippen molar-refractivity contribution in [1.29, 1.82) is 0 Å². The van der Waals surface area contributed by atoms with Crippen molar-refractivity contribution in [3.05, 3.63) is 65.5 Å². The highest BCUT2D eigenvalue weighted by Gasteiger charge is 2.11. The Hall–Kier alpha value is -2.75. The number of nitrogens with zero attached hydrogens (tertiary/aromatic N) is 1. The van der Waals surface area contributed by atoms with Crippen molar-refractivity contribution in [2.75, 3.05) is 7.11 Å². The largest absolute Gasteiger partial charge is 0.465 e. The minimum Gasteiger partial charge on any atom is -0.465 e. The number of aryl methyl sites for hydroxylation is 1. The molecule has 0 radical (unpaired) electrons. The number of carbonyl (C=O) groups excluding carboxylic acids is 1. The molecule has 0 fully saturated rings. The van der Waals surface area contributed by atoms with Gasteiger partial charge in [-0.1, -0.05) is 19.4 Å². The Balaban J connectivity index is 2.19. The molecule has 3 nitrogen and oxygen atoms in total. The van der Waals surface area contributed by atoms with Gasteiger partial charge in [-0.3, -0.25) is 0 Å². The highest BCUT2D eigenvalue weighted by molar-refractivity contribution is 5.95. The van der Waals surface area contributed by atoms with E-state index in [1.807, 2.05) is 12.1 Å². The van der Waals surface area contributed by atoms with Gasteiger partial charge in [0.2, 0.25) is 0 Å². The fourth-order valence-corrected chi connectivity index (χ4v) is 2.79. The predicted molar refractivity (Wildman–Crippen MR) is 92.5 cm³/mol. The van der Waals surface area contributed by atoms with E-state index in [0.717, 1.165) is 35.0 Å². The van der Waals surface area contributed by atoms with Gasteiger partial charge in [0, 0.05) is 10.9 Å². The fourth-order valence-electron chi connectivity index (χ4n) is 2.79. The van der Waals surface area contributed by atoms with Gasteiger partial charge in [-0.25, -0.2) is 14.2 Å². The predicted octanol–water partition coefficient (Wildman–Crippen LogP) is 4.78.